The molecule has 0 radical (unpaired) electrons. The van der Waals surface area contributed by atoms with Crippen molar-refractivity contribution in [3.05, 3.63) is 29.8 Å². The SMILES string of the molecule is O=C(C[C@@H]1CCNC1=O)NCC(O)CNC(=O)c1ncccc1F. The fourth-order valence-corrected chi connectivity index (χ4v) is 2.29. The Morgan fingerprint density at radius 3 is 2.83 bits per heavy atom. The Bertz CT molecular complexity index is 625. The van der Waals surface area contributed by atoms with Gasteiger partial charge in [-0.2, -0.15) is 0 Å². The van der Waals surface area contributed by atoms with Gasteiger partial charge in [0, 0.05) is 38.2 Å². The number of amides is 3. The van der Waals surface area contributed by atoms with Crippen molar-refractivity contribution in [3.63, 3.8) is 0 Å². The fraction of sp³-hybridized carbons (Fsp3) is 0.467. The van der Waals surface area contributed by atoms with Gasteiger partial charge in [-0.15, -0.1) is 0 Å². The smallest absolute Gasteiger partial charge is 0.273 e. The molecular formula is C15H19FN4O4. The van der Waals surface area contributed by atoms with E-state index in [1.165, 1.54) is 12.3 Å². The van der Waals surface area contributed by atoms with E-state index < -0.39 is 17.8 Å². The maximum atomic E-state index is 13.4. The largest absolute Gasteiger partial charge is 0.389 e. The molecule has 8 nitrogen and oxygen atoms in total. The number of carbonyl (C=O) groups is 3. The molecule has 24 heavy (non-hydrogen) atoms. The molecule has 0 aromatic carbocycles. The molecule has 0 aliphatic carbocycles. The van der Waals surface area contributed by atoms with E-state index in [9.17, 15) is 23.9 Å². The van der Waals surface area contributed by atoms with Crippen molar-refractivity contribution in [2.75, 3.05) is 19.6 Å². The van der Waals surface area contributed by atoms with Gasteiger partial charge >= 0.3 is 0 Å². The highest BCUT2D eigenvalue weighted by atomic mass is 19.1. The van der Waals surface area contributed by atoms with E-state index in [2.05, 4.69) is 20.9 Å². The van der Waals surface area contributed by atoms with Crippen LogP contribution in [0.5, 0.6) is 0 Å². The molecule has 1 aliphatic rings. The summed E-state index contributed by atoms with van der Waals surface area (Å²) in [7, 11) is 0. The van der Waals surface area contributed by atoms with Gasteiger partial charge in [0.05, 0.1) is 6.10 Å². The Kier molecular flexibility index (Phi) is 6.19. The molecule has 1 fully saturated rings. The zero-order valence-electron chi connectivity index (χ0n) is 12.9. The minimum Gasteiger partial charge on any atom is -0.389 e. The summed E-state index contributed by atoms with van der Waals surface area (Å²) in [5, 5.41) is 17.2. The van der Waals surface area contributed by atoms with Crippen LogP contribution in [-0.4, -0.2) is 53.6 Å². The maximum Gasteiger partial charge on any atom is 0.273 e. The minimum atomic E-state index is -1.04. The summed E-state index contributed by atoms with van der Waals surface area (Å²) in [4.78, 5) is 38.4. The lowest BCUT2D eigenvalue weighted by molar-refractivity contribution is -0.128. The zero-order valence-corrected chi connectivity index (χ0v) is 12.9. The van der Waals surface area contributed by atoms with Crippen LogP contribution >= 0.6 is 0 Å². The van der Waals surface area contributed by atoms with Crippen LogP contribution in [0.2, 0.25) is 0 Å². The lowest BCUT2D eigenvalue weighted by Crippen LogP contribution is -2.41. The van der Waals surface area contributed by atoms with E-state index in [0.29, 0.717) is 13.0 Å². The number of nitrogens with one attached hydrogen (secondary N) is 3. The summed E-state index contributed by atoms with van der Waals surface area (Å²) in [6.07, 6.45) is 0.917. The van der Waals surface area contributed by atoms with Crippen LogP contribution in [0.1, 0.15) is 23.3 Å². The Morgan fingerprint density at radius 2 is 2.17 bits per heavy atom. The number of halogens is 1. The van der Waals surface area contributed by atoms with Gasteiger partial charge in [-0.25, -0.2) is 9.37 Å². The van der Waals surface area contributed by atoms with Crippen LogP contribution in [0, 0.1) is 11.7 Å². The van der Waals surface area contributed by atoms with Crippen LogP contribution in [0.4, 0.5) is 4.39 Å². The molecule has 0 bridgehead atoms. The Labute approximate surface area is 137 Å². The van der Waals surface area contributed by atoms with E-state index in [-0.39, 0.29) is 42.9 Å². The molecule has 2 rings (SSSR count). The first-order valence-corrected chi connectivity index (χ1v) is 7.58. The van der Waals surface area contributed by atoms with Gasteiger partial charge in [-0.3, -0.25) is 14.4 Å². The quantitative estimate of drug-likeness (QED) is 0.506. The van der Waals surface area contributed by atoms with Crippen LogP contribution in [0.25, 0.3) is 0 Å². The highest BCUT2D eigenvalue weighted by Gasteiger charge is 2.26. The molecule has 0 spiro atoms. The fourth-order valence-electron chi connectivity index (χ4n) is 2.29. The normalized spacial score (nSPS) is 17.9. The van der Waals surface area contributed by atoms with Crippen molar-refractivity contribution in [2.24, 2.45) is 5.92 Å². The summed E-state index contributed by atoms with van der Waals surface area (Å²) in [5.41, 5.74) is -0.360. The van der Waals surface area contributed by atoms with Crippen molar-refractivity contribution < 1.29 is 23.9 Å². The average molecular weight is 338 g/mol. The van der Waals surface area contributed by atoms with Crippen molar-refractivity contribution in [3.8, 4) is 0 Å². The standard InChI is InChI=1S/C15H19FN4O4/c16-11-2-1-4-17-13(11)15(24)20-8-10(21)7-19-12(22)6-9-3-5-18-14(9)23/h1-2,4,9-10,21H,3,5-8H2,(H,18,23)(H,19,22)(H,20,24)/t9-,10?/m0/s1. The van der Waals surface area contributed by atoms with Crippen LogP contribution < -0.4 is 16.0 Å². The van der Waals surface area contributed by atoms with E-state index in [4.69, 9.17) is 0 Å². The number of hydrogen-bond donors (Lipinski definition) is 4. The molecule has 3 amide bonds. The van der Waals surface area contributed by atoms with Gasteiger partial charge in [0.15, 0.2) is 11.5 Å². The Morgan fingerprint density at radius 1 is 1.42 bits per heavy atom. The summed E-state index contributed by atoms with van der Waals surface area (Å²) in [6, 6.07) is 2.47. The average Bonchev–Trinajstić information content (AvgIpc) is 2.96. The molecule has 130 valence electrons. The van der Waals surface area contributed by atoms with Gasteiger partial charge in [-0.1, -0.05) is 0 Å². The molecule has 2 atom stereocenters. The second kappa shape index (κ2) is 8.34. The molecule has 1 aromatic rings. The molecule has 1 unspecified atom stereocenters. The second-order valence-electron chi connectivity index (χ2n) is 5.48. The van der Waals surface area contributed by atoms with Crippen LogP contribution in [-0.2, 0) is 9.59 Å². The highest BCUT2D eigenvalue weighted by Crippen LogP contribution is 2.13. The van der Waals surface area contributed by atoms with Crippen molar-refractivity contribution >= 4 is 17.7 Å². The first kappa shape index (κ1) is 17.8. The molecule has 0 saturated carbocycles. The molecule has 1 saturated heterocycles. The second-order valence-corrected chi connectivity index (χ2v) is 5.48. The number of aliphatic hydroxyl groups excluding tert-OH is 1. The summed E-state index contributed by atoms with van der Waals surface area (Å²) >= 11 is 0. The first-order chi connectivity index (χ1) is 11.5. The lowest BCUT2D eigenvalue weighted by Gasteiger charge is -2.14. The number of aromatic nitrogens is 1. The topological polar surface area (TPSA) is 120 Å². The van der Waals surface area contributed by atoms with Gasteiger partial charge in [0.25, 0.3) is 5.91 Å². The van der Waals surface area contributed by atoms with E-state index in [1.54, 1.807) is 0 Å². The van der Waals surface area contributed by atoms with Gasteiger partial charge in [0.1, 0.15) is 0 Å². The third-order valence-corrected chi connectivity index (χ3v) is 3.60. The summed E-state index contributed by atoms with van der Waals surface area (Å²) in [5.74, 6) is -2.34. The number of carbonyl (C=O) groups excluding carboxylic acids is 3. The van der Waals surface area contributed by atoms with E-state index in [1.807, 2.05) is 0 Å². The van der Waals surface area contributed by atoms with Crippen molar-refractivity contribution in [1.82, 2.24) is 20.9 Å². The first-order valence-electron chi connectivity index (χ1n) is 7.58. The predicted octanol–water partition coefficient (Wildman–Crippen LogP) is -1.05. The molecule has 2 heterocycles. The van der Waals surface area contributed by atoms with Gasteiger partial charge < -0.3 is 21.1 Å². The monoisotopic (exact) mass is 338 g/mol. The molecule has 1 aromatic heterocycles. The molecule has 1 aliphatic heterocycles. The molecule has 9 heteroatoms. The molecule has 4 N–H and O–H groups in total. The van der Waals surface area contributed by atoms with E-state index in [0.717, 1.165) is 6.07 Å². The Hall–Kier alpha value is -2.55. The van der Waals surface area contributed by atoms with Crippen LogP contribution in [0.3, 0.4) is 0 Å². The van der Waals surface area contributed by atoms with Gasteiger partial charge in [-0.05, 0) is 18.6 Å². The van der Waals surface area contributed by atoms with Crippen molar-refractivity contribution in [2.45, 2.75) is 18.9 Å². The maximum absolute atomic E-state index is 13.4. The van der Waals surface area contributed by atoms with Gasteiger partial charge in [0.2, 0.25) is 11.8 Å². The van der Waals surface area contributed by atoms with E-state index >= 15 is 0 Å². The predicted molar refractivity (Wildman–Crippen MR) is 81.3 cm³/mol. The number of aliphatic hydroxyl groups is 1. The zero-order chi connectivity index (χ0) is 17.5. The summed E-state index contributed by atoms with van der Waals surface area (Å²) in [6.45, 7) is 0.312. The third kappa shape index (κ3) is 4.98. The van der Waals surface area contributed by atoms with Crippen LogP contribution in [0.15, 0.2) is 18.3 Å². The van der Waals surface area contributed by atoms with Crippen molar-refractivity contribution in [1.29, 1.82) is 0 Å². The minimum absolute atomic E-state index is 0.0596. The highest BCUT2D eigenvalue weighted by molar-refractivity contribution is 5.92. The number of pyridine rings is 1. The Balaban J connectivity index is 1.68. The number of hydrogen-bond acceptors (Lipinski definition) is 5. The molecular weight excluding hydrogens is 319 g/mol. The number of rotatable bonds is 7. The number of nitrogens with zero attached hydrogens (tertiary/aromatic N) is 1. The third-order valence-electron chi connectivity index (χ3n) is 3.60. The summed E-state index contributed by atoms with van der Waals surface area (Å²) < 4.78 is 13.4. The lowest BCUT2D eigenvalue weighted by atomic mass is 10.0.